The summed E-state index contributed by atoms with van der Waals surface area (Å²) in [5, 5.41) is 10.3. The lowest BCUT2D eigenvalue weighted by atomic mass is 9.76. The number of halogens is 3. The van der Waals surface area contributed by atoms with E-state index in [-0.39, 0.29) is 29.3 Å². The van der Waals surface area contributed by atoms with E-state index in [1.807, 2.05) is 30.3 Å². The van der Waals surface area contributed by atoms with Gasteiger partial charge in [0.25, 0.3) is 0 Å². The third-order valence-electron chi connectivity index (χ3n) is 7.92. The van der Waals surface area contributed by atoms with E-state index in [9.17, 15) is 13.9 Å². The van der Waals surface area contributed by atoms with Crippen molar-refractivity contribution in [1.82, 2.24) is 0 Å². The molecule has 0 aliphatic heterocycles. The van der Waals surface area contributed by atoms with Gasteiger partial charge in [-0.05, 0) is 91.2 Å². The summed E-state index contributed by atoms with van der Waals surface area (Å²) in [4.78, 5) is 0. The van der Waals surface area contributed by atoms with Gasteiger partial charge in [-0.25, -0.2) is 13.2 Å². The van der Waals surface area contributed by atoms with Crippen LogP contribution in [0.2, 0.25) is 0 Å². The molecule has 0 saturated heterocycles. The Labute approximate surface area is 236 Å². The van der Waals surface area contributed by atoms with Crippen LogP contribution in [-0.4, -0.2) is 17.8 Å². The summed E-state index contributed by atoms with van der Waals surface area (Å²) < 4.78 is 50.0. The van der Waals surface area contributed by atoms with Gasteiger partial charge in [0, 0.05) is 5.56 Å². The zero-order chi connectivity index (χ0) is 28.5. The summed E-state index contributed by atoms with van der Waals surface area (Å²) in [6.07, 6.45) is 11.4. The van der Waals surface area contributed by atoms with Crippen molar-refractivity contribution in [2.24, 2.45) is 5.92 Å². The molecule has 1 aliphatic carbocycles. The molecule has 40 heavy (non-hydrogen) atoms. The minimum atomic E-state index is -0.833. The molecule has 1 fully saturated rings. The van der Waals surface area contributed by atoms with Gasteiger partial charge >= 0.3 is 0 Å². The average molecular weight is 549 g/mol. The van der Waals surface area contributed by atoms with Gasteiger partial charge in [-0.1, -0.05) is 74.0 Å². The van der Waals surface area contributed by atoms with Gasteiger partial charge in [-0.15, -0.1) is 6.58 Å². The Bertz CT molecular complexity index is 1290. The summed E-state index contributed by atoms with van der Waals surface area (Å²) in [6.45, 7) is 6.16. The standard InChI is InChI=1S/C35H39F3O2/c1-3-5-6-22-40-33-21-19-29(23-31(33)36)25-11-8-24(9-12-25)10-13-28-18-20-30(35(38)34(28)37)26-14-16-27(17-15-26)32(39)7-4-2/h3,8-13,18-21,23,26-27,32,39H,1,4-7,14-17,22H2,2H3/b13-10+. The number of ether oxygens (including phenoxy) is 1. The van der Waals surface area contributed by atoms with E-state index in [2.05, 4.69) is 13.5 Å². The van der Waals surface area contributed by atoms with Crippen molar-refractivity contribution in [3.8, 4) is 16.9 Å². The maximum absolute atomic E-state index is 15.1. The van der Waals surface area contributed by atoms with Crippen LogP contribution in [0.1, 0.15) is 80.9 Å². The first-order valence-corrected chi connectivity index (χ1v) is 14.4. The predicted octanol–water partition coefficient (Wildman–Crippen LogP) is 9.72. The van der Waals surface area contributed by atoms with Crippen LogP contribution in [0, 0.1) is 23.4 Å². The maximum atomic E-state index is 15.1. The molecule has 1 unspecified atom stereocenters. The van der Waals surface area contributed by atoms with Crippen molar-refractivity contribution in [2.75, 3.05) is 6.61 Å². The number of allylic oxidation sites excluding steroid dienone is 1. The van der Waals surface area contributed by atoms with Crippen LogP contribution in [-0.2, 0) is 0 Å². The second-order valence-corrected chi connectivity index (χ2v) is 10.7. The highest BCUT2D eigenvalue weighted by atomic mass is 19.2. The molecule has 0 aromatic heterocycles. The molecule has 1 saturated carbocycles. The normalized spacial score (nSPS) is 18.1. The first-order valence-electron chi connectivity index (χ1n) is 14.4. The average Bonchev–Trinajstić information content (AvgIpc) is 2.97. The Kier molecular flexibility index (Phi) is 10.7. The van der Waals surface area contributed by atoms with Gasteiger partial charge in [0.1, 0.15) is 0 Å². The second-order valence-electron chi connectivity index (χ2n) is 10.7. The Hall–Kier alpha value is -3.31. The number of rotatable bonds is 12. The maximum Gasteiger partial charge on any atom is 0.166 e. The van der Waals surface area contributed by atoms with E-state index in [4.69, 9.17) is 4.74 Å². The number of aliphatic hydroxyl groups excluding tert-OH is 1. The van der Waals surface area contributed by atoms with Crippen LogP contribution in [0.15, 0.2) is 67.3 Å². The number of benzene rings is 3. The van der Waals surface area contributed by atoms with Crippen molar-refractivity contribution < 1.29 is 23.0 Å². The van der Waals surface area contributed by atoms with Crippen molar-refractivity contribution in [1.29, 1.82) is 0 Å². The highest BCUT2D eigenvalue weighted by Gasteiger charge is 2.29. The fourth-order valence-electron chi connectivity index (χ4n) is 5.55. The summed E-state index contributed by atoms with van der Waals surface area (Å²) in [7, 11) is 0. The SMILES string of the molecule is C=CCCCOc1ccc(-c2ccc(/C=C/c3ccc(C4CCC(C(O)CCC)CC4)c(F)c3F)cc2)cc1F. The van der Waals surface area contributed by atoms with Gasteiger partial charge in [-0.2, -0.15) is 0 Å². The van der Waals surface area contributed by atoms with Crippen LogP contribution in [0.4, 0.5) is 13.2 Å². The van der Waals surface area contributed by atoms with Crippen LogP contribution in [0.5, 0.6) is 5.75 Å². The van der Waals surface area contributed by atoms with Crippen molar-refractivity contribution >= 4 is 12.2 Å². The third kappa shape index (κ3) is 7.45. The first-order chi connectivity index (χ1) is 19.4. The molecule has 1 aliphatic rings. The fraction of sp³-hybridized carbons (Fsp3) is 0.371. The van der Waals surface area contributed by atoms with Crippen molar-refractivity contribution in [3.05, 3.63) is 101 Å². The third-order valence-corrected chi connectivity index (χ3v) is 7.92. The van der Waals surface area contributed by atoms with E-state index in [0.29, 0.717) is 12.2 Å². The van der Waals surface area contributed by atoms with Gasteiger partial charge in [-0.3, -0.25) is 0 Å². The molecular formula is C35H39F3O2. The first kappa shape index (κ1) is 29.7. The highest BCUT2D eigenvalue weighted by Crippen LogP contribution is 2.39. The molecule has 5 heteroatoms. The van der Waals surface area contributed by atoms with Crippen LogP contribution in [0.25, 0.3) is 23.3 Å². The van der Waals surface area contributed by atoms with Crippen molar-refractivity contribution in [2.45, 2.75) is 70.3 Å². The van der Waals surface area contributed by atoms with Gasteiger partial charge in [0.15, 0.2) is 23.2 Å². The molecule has 0 radical (unpaired) electrons. The van der Waals surface area contributed by atoms with E-state index >= 15 is 4.39 Å². The quantitative estimate of drug-likeness (QED) is 0.139. The van der Waals surface area contributed by atoms with Crippen LogP contribution in [0.3, 0.4) is 0 Å². The summed E-state index contributed by atoms with van der Waals surface area (Å²) >= 11 is 0. The largest absolute Gasteiger partial charge is 0.491 e. The fourth-order valence-corrected chi connectivity index (χ4v) is 5.55. The van der Waals surface area contributed by atoms with Gasteiger partial charge in [0.05, 0.1) is 12.7 Å². The van der Waals surface area contributed by atoms with E-state index in [1.165, 1.54) is 6.07 Å². The molecule has 212 valence electrons. The molecule has 1 N–H and O–H groups in total. The smallest absolute Gasteiger partial charge is 0.166 e. The minimum Gasteiger partial charge on any atom is -0.491 e. The molecule has 3 aromatic rings. The summed E-state index contributed by atoms with van der Waals surface area (Å²) in [6, 6.07) is 15.7. The van der Waals surface area contributed by atoms with Gasteiger partial charge < -0.3 is 9.84 Å². The van der Waals surface area contributed by atoms with Crippen LogP contribution >= 0.6 is 0 Å². The number of unbranched alkanes of at least 4 members (excludes halogenated alkanes) is 1. The second kappa shape index (κ2) is 14.4. The molecule has 4 rings (SSSR count). The molecule has 2 nitrogen and oxygen atoms in total. The van der Waals surface area contributed by atoms with Crippen LogP contribution < -0.4 is 4.74 Å². The molecule has 0 spiro atoms. The predicted molar refractivity (Wildman–Crippen MR) is 158 cm³/mol. The zero-order valence-corrected chi connectivity index (χ0v) is 23.2. The van der Waals surface area contributed by atoms with E-state index < -0.39 is 17.5 Å². The zero-order valence-electron chi connectivity index (χ0n) is 23.2. The van der Waals surface area contributed by atoms with E-state index in [0.717, 1.165) is 68.1 Å². The molecule has 0 heterocycles. The topological polar surface area (TPSA) is 29.5 Å². The monoisotopic (exact) mass is 548 g/mol. The lowest BCUT2D eigenvalue weighted by Crippen LogP contribution is -2.25. The molecule has 1 atom stereocenters. The minimum absolute atomic E-state index is 0.0205. The lowest BCUT2D eigenvalue weighted by Gasteiger charge is -2.32. The molecule has 0 amide bonds. The van der Waals surface area contributed by atoms with E-state index in [1.54, 1.807) is 36.4 Å². The lowest BCUT2D eigenvalue weighted by molar-refractivity contribution is 0.0727. The summed E-state index contributed by atoms with van der Waals surface area (Å²) in [5.41, 5.74) is 3.02. The van der Waals surface area contributed by atoms with Gasteiger partial charge in [0.2, 0.25) is 0 Å². The Morgan fingerprint density at radius 3 is 2.33 bits per heavy atom. The highest BCUT2D eigenvalue weighted by molar-refractivity contribution is 5.72. The number of hydrogen-bond donors (Lipinski definition) is 1. The number of hydrogen-bond acceptors (Lipinski definition) is 2. The number of aliphatic hydroxyl groups is 1. The Balaban J connectivity index is 1.38. The van der Waals surface area contributed by atoms with Crippen molar-refractivity contribution in [3.63, 3.8) is 0 Å². The molecule has 0 bridgehead atoms. The Morgan fingerprint density at radius 2 is 1.65 bits per heavy atom. The molecular weight excluding hydrogens is 509 g/mol. The Morgan fingerprint density at radius 1 is 0.925 bits per heavy atom. The summed E-state index contributed by atoms with van der Waals surface area (Å²) in [5.74, 6) is -1.56. The molecule has 3 aromatic carbocycles.